The number of nitrogens with one attached hydrogen (secondary N) is 1. The highest BCUT2D eigenvalue weighted by atomic mass is 16.2. The number of terminal acetylenes is 1. The van der Waals surface area contributed by atoms with Gasteiger partial charge in [0.1, 0.15) is 0 Å². The molecule has 1 aromatic rings. The van der Waals surface area contributed by atoms with Crippen molar-refractivity contribution in [2.24, 2.45) is 13.0 Å². The number of carbonyl (C=O) groups excluding carboxylic acids is 2. The molecule has 1 rings (SSSR count). The van der Waals surface area contributed by atoms with E-state index in [-0.39, 0.29) is 13.0 Å². The molecule has 0 radical (unpaired) electrons. The Morgan fingerprint density at radius 3 is 2.89 bits per heavy atom. The Labute approximate surface area is 111 Å². The van der Waals surface area contributed by atoms with E-state index >= 15 is 0 Å². The summed E-state index contributed by atoms with van der Waals surface area (Å²) in [5, 5.41) is 15.2. The number of rotatable bonds is 6. The van der Waals surface area contributed by atoms with Crippen LogP contribution in [-0.4, -0.2) is 28.0 Å². The third-order valence-corrected chi connectivity index (χ3v) is 2.50. The van der Waals surface area contributed by atoms with Crippen LogP contribution >= 0.6 is 0 Å². The number of aryl methyl sites for hydroxylation is 2. The fourth-order valence-corrected chi connectivity index (χ4v) is 1.53. The molecule has 0 bridgehead atoms. The molecule has 0 fully saturated rings. The van der Waals surface area contributed by atoms with E-state index in [4.69, 9.17) is 11.7 Å². The van der Waals surface area contributed by atoms with Crippen molar-refractivity contribution < 1.29 is 9.59 Å². The number of hydrogen-bond donors (Lipinski definition) is 1. The standard InChI is InChI=1S/C13H14N4O2/c1-3-6-15-13(19)11(7-14)12(18)5-4-10-8-16-17(2)9-10/h1,8-9,11H,4-6H2,2H3,(H,15,19)/t11-/m0/s1. The molecule has 6 heteroatoms. The lowest BCUT2D eigenvalue weighted by Gasteiger charge is -2.07. The molecular formula is C13H14N4O2. The maximum atomic E-state index is 11.8. The van der Waals surface area contributed by atoms with E-state index in [1.54, 1.807) is 30.2 Å². The first kappa shape index (κ1) is 14.5. The maximum Gasteiger partial charge on any atom is 0.245 e. The summed E-state index contributed by atoms with van der Waals surface area (Å²) in [4.78, 5) is 23.3. The van der Waals surface area contributed by atoms with Crippen LogP contribution in [0.25, 0.3) is 0 Å². The smallest absolute Gasteiger partial charge is 0.245 e. The van der Waals surface area contributed by atoms with Gasteiger partial charge in [-0.15, -0.1) is 6.42 Å². The molecule has 0 saturated heterocycles. The lowest BCUT2D eigenvalue weighted by Crippen LogP contribution is -2.34. The second-order valence-electron chi connectivity index (χ2n) is 3.97. The van der Waals surface area contributed by atoms with Gasteiger partial charge < -0.3 is 5.32 Å². The summed E-state index contributed by atoms with van der Waals surface area (Å²) in [5.41, 5.74) is 0.886. The number of carbonyl (C=O) groups is 2. The second kappa shape index (κ2) is 6.97. The number of ketones is 1. The van der Waals surface area contributed by atoms with Gasteiger partial charge in [0.15, 0.2) is 11.7 Å². The molecule has 6 nitrogen and oxygen atoms in total. The summed E-state index contributed by atoms with van der Waals surface area (Å²) in [7, 11) is 1.77. The van der Waals surface area contributed by atoms with Crippen LogP contribution in [0.1, 0.15) is 12.0 Å². The molecule has 1 N–H and O–H groups in total. The first-order chi connectivity index (χ1) is 9.08. The number of Topliss-reactive ketones (excluding diaryl/α,β-unsaturated/α-hetero) is 1. The minimum atomic E-state index is -1.30. The van der Waals surface area contributed by atoms with Gasteiger partial charge in [-0.3, -0.25) is 14.3 Å². The van der Waals surface area contributed by atoms with Gasteiger partial charge in [0.2, 0.25) is 5.91 Å². The van der Waals surface area contributed by atoms with Crippen LogP contribution in [0.2, 0.25) is 0 Å². The normalized spacial score (nSPS) is 11.1. The summed E-state index contributed by atoms with van der Waals surface area (Å²) < 4.78 is 1.63. The van der Waals surface area contributed by atoms with Gasteiger partial charge in [-0.2, -0.15) is 10.4 Å². The van der Waals surface area contributed by atoms with Crippen molar-refractivity contribution in [2.75, 3.05) is 6.54 Å². The zero-order valence-electron chi connectivity index (χ0n) is 10.6. The molecule has 1 heterocycles. The third-order valence-electron chi connectivity index (χ3n) is 2.50. The quantitative estimate of drug-likeness (QED) is 0.566. The van der Waals surface area contributed by atoms with Gasteiger partial charge in [0, 0.05) is 19.7 Å². The minimum Gasteiger partial charge on any atom is -0.344 e. The van der Waals surface area contributed by atoms with E-state index in [0.717, 1.165) is 5.56 Å². The van der Waals surface area contributed by atoms with Crippen molar-refractivity contribution in [1.29, 1.82) is 5.26 Å². The Hall–Kier alpha value is -2.60. The van der Waals surface area contributed by atoms with Gasteiger partial charge in [-0.1, -0.05) is 5.92 Å². The van der Waals surface area contributed by atoms with Gasteiger partial charge in [0.05, 0.1) is 18.8 Å². The molecule has 0 aliphatic rings. The van der Waals surface area contributed by atoms with E-state index in [9.17, 15) is 9.59 Å². The molecule has 0 aromatic carbocycles. The van der Waals surface area contributed by atoms with Crippen LogP contribution in [-0.2, 0) is 23.1 Å². The fraction of sp³-hybridized carbons (Fsp3) is 0.385. The first-order valence-corrected chi connectivity index (χ1v) is 5.69. The number of nitriles is 1. The molecule has 19 heavy (non-hydrogen) atoms. The van der Waals surface area contributed by atoms with Gasteiger partial charge in [-0.05, 0) is 12.0 Å². The zero-order chi connectivity index (χ0) is 14.3. The summed E-state index contributed by atoms with van der Waals surface area (Å²) in [5.74, 6) is -0.145. The SMILES string of the molecule is C#CCNC(=O)[C@@H](C#N)C(=O)CCc1cnn(C)c1. The van der Waals surface area contributed by atoms with Crippen LogP contribution in [0.15, 0.2) is 12.4 Å². The van der Waals surface area contributed by atoms with Crippen molar-refractivity contribution in [2.45, 2.75) is 12.8 Å². The molecule has 0 spiro atoms. The largest absolute Gasteiger partial charge is 0.344 e. The highest BCUT2D eigenvalue weighted by molar-refractivity contribution is 6.04. The number of amides is 1. The predicted molar refractivity (Wildman–Crippen MR) is 67.5 cm³/mol. The fourth-order valence-electron chi connectivity index (χ4n) is 1.53. The Bertz CT molecular complexity index is 548. The van der Waals surface area contributed by atoms with Gasteiger partial charge in [0.25, 0.3) is 0 Å². The van der Waals surface area contributed by atoms with Crippen molar-refractivity contribution in [3.05, 3.63) is 18.0 Å². The monoisotopic (exact) mass is 258 g/mol. The van der Waals surface area contributed by atoms with E-state index in [1.165, 1.54) is 0 Å². The molecule has 0 unspecified atom stereocenters. The van der Waals surface area contributed by atoms with E-state index < -0.39 is 17.6 Å². The van der Waals surface area contributed by atoms with E-state index in [0.29, 0.717) is 6.42 Å². The van der Waals surface area contributed by atoms with Crippen LogP contribution < -0.4 is 5.32 Å². The Balaban J connectivity index is 2.53. The summed E-state index contributed by atoms with van der Waals surface area (Å²) in [6, 6.07) is 1.70. The Kier molecular flexibility index (Phi) is 5.31. The maximum absolute atomic E-state index is 11.8. The van der Waals surface area contributed by atoms with Crippen molar-refractivity contribution >= 4 is 11.7 Å². The van der Waals surface area contributed by atoms with Gasteiger partial charge in [-0.25, -0.2) is 0 Å². The highest BCUT2D eigenvalue weighted by Gasteiger charge is 2.25. The predicted octanol–water partition coefficient (Wildman–Crippen LogP) is -0.189. The van der Waals surface area contributed by atoms with Gasteiger partial charge >= 0.3 is 0 Å². The van der Waals surface area contributed by atoms with Crippen LogP contribution in [0, 0.1) is 29.6 Å². The second-order valence-corrected chi connectivity index (χ2v) is 3.97. The molecule has 1 amide bonds. The molecule has 0 aliphatic heterocycles. The summed E-state index contributed by atoms with van der Waals surface area (Å²) in [6.07, 6.45) is 8.99. The third kappa shape index (κ3) is 4.29. The lowest BCUT2D eigenvalue weighted by atomic mass is 9.99. The summed E-state index contributed by atoms with van der Waals surface area (Å²) >= 11 is 0. The first-order valence-electron chi connectivity index (χ1n) is 5.69. The zero-order valence-corrected chi connectivity index (χ0v) is 10.6. The number of hydrogen-bond acceptors (Lipinski definition) is 4. The molecule has 0 saturated carbocycles. The molecule has 98 valence electrons. The topological polar surface area (TPSA) is 87.8 Å². The minimum absolute atomic E-state index is 0.00684. The molecule has 0 aliphatic carbocycles. The van der Waals surface area contributed by atoms with Crippen LogP contribution in [0.5, 0.6) is 0 Å². The molecule has 1 aromatic heterocycles. The van der Waals surface area contributed by atoms with Crippen LogP contribution in [0.4, 0.5) is 0 Å². The Morgan fingerprint density at radius 1 is 1.63 bits per heavy atom. The average Bonchev–Trinajstić information content (AvgIpc) is 2.80. The molecule has 1 atom stereocenters. The highest BCUT2D eigenvalue weighted by Crippen LogP contribution is 2.07. The number of aromatic nitrogens is 2. The van der Waals surface area contributed by atoms with Crippen molar-refractivity contribution in [3.63, 3.8) is 0 Å². The number of nitrogens with zero attached hydrogens (tertiary/aromatic N) is 3. The van der Waals surface area contributed by atoms with Crippen molar-refractivity contribution in [3.8, 4) is 18.4 Å². The summed E-state index contributed by atoms with van der Waals surface area (Å²) in [6.45, 7) is 0.00684. The van der Waals surface area contributed by atoms with E-state index in [2.05, 4.69) is 16.3 Å². The van der Waals surface area contributed by atoms with Crippen molar-refractivity contribution in [1.82, 2.24) is 15.1 Å². The van der Waals surface area contributed by atoms with E-state index in [1.807, 2.05) is 0 Å². The van der Waals surface area contributed by atoms with Crippen LogP contribution in [0.3, 0.4) is 0 Å². The molecular weight excluding hydrogens is 244 g/mol. The lowest BCUT2D eigenvalue weighted by molar-refractivity contribution is -0.131. The Morgan fingerprint density at radius 2 is 2.37 bits per heavy atom. The average molecular weight is 258 g/mol.